The summed E-state index contributed by atoms with van der Waals surface area (Å²) in [6.07, 6.45) is 3.71. The number of pyridine rings is 1. The number of amides is 3. The maximum absolute atomic E-state index is 17.1. The van der Waals surface area contributed by atoms with Gasteiger partial charge in [0.25, 0.3) is 11.8 Å². The number of aliphatic hydroxyl groups excluding tert-OH is 1. The smallest absolute Gasteiger partial charge is 0.410 e. The van der Waals surface area contributed by atoms with Crippen molar-refractivity contribution < 1.29 is 47.7 Å². The number of allylic oxidation sites excluding steroid dienone is 1. The fourth-order valence-corrected chi connectivity index (χ4v) is 12.7. The van der Waals surface area contributed by atoms with E-state index in [-0.39, 0.29) is 95.8 Å². The molecule has 4 fully saturated rings. The molecule has 0 spiro atoms. The van der Waals surface area contributed by atoms with Gasteiger partial charge < -0.3 is 44.1 Å². The maximum atomic E-state index is 17.1. The highest BCUT2D eigenvalue weighted by atomic mass is 32.1. The topological polar surface area (TPSA) is 222 Å². The van der Waals surface area contributed by atoms with Gasteiger partial charge in [-0.25, -0.2) is 14.2 Å². The van der Waals surface area contributed by atoms with Crippen molar-refractivity contribution >= 4 is 62.3 Å². The van der Waals surface area contributed by atoms with E-state index in [1.54, 1.807) is 43.5 Å². The average molecular weight is 1140 g/mol. The second kappa shape index (κ2) is 23.2. The highest BCUT2D eigenvalue weighted by Gasteiger charge is 2.46. The van der Waals surface area contributed by atoms with E-state index in [4.69, 9.17) is 23.7 Å². The number of thiazole rings is 1. The highest BCUT2D eigenvalue weighted by Crippen LogP contribution is 2.40. The third-order valence-electron chi connectivity index (χ3n) is 16.0. The van der Waals surface area contributed by atoms with E-state index in [1.807, 2.05) is 93.6 Å². The van der Waals surface area contributed by atoms with Gasteiger partial charge in [0.2, 0.25) is 5.91 Å². The van der Waals surface area contributed by atoms with E-state index in [2.05, 4.69) is 35.2 Å². The van der Waals surface area contributed by atoms with Gasteiger partial charge in [0.15, 0.2) is 11.6 Å². The van der Waals surface area contributed by atoms with Crippen molar-refractivity contribution in [1.29, 1.82) is 0 Å². The van der Waals surface area contributed by atoms with Crippen LogP contribution in [0.5, 0.6) is 17.6 Å². The first-order valence-corrected chi connectivity index (χ1v) is 29.0. The summed E-state index contributed by atoms with van der Waals surface area (Å²) in [6.45, 7) is 16.6. The van der Waals surface area contributed by atoms with Crippen LogP contribution in [-0.4, -0.2) is 150 Å². The van der Waals surface area contributed by atoms with E-state index in [0.29, 0.717) is 48.6 Å². The number of halogens is 1. The molecule has 19 nitrogen and oxygen atoms in total. The number of phenols is 1. The van der Waals surface area contributed by atoms with Crippen LogP contribution >= 0.6 is 11.3 Å². The number of fused-ring (bicyclic) bond motifs is 4. The van der Waals surface area contributed by atoms with Gasteiger partial charge in [-0.1, -0.05) is 54.1 Å². The molecule has 4 aromatic heterocycles. The minimum Gasteiger partial charge on any atom is -0.508 e. The van der Waals surface area contributed by atoms with Gasteiger partial charge >= 0.3 is 12.1 Å². The Morgan fingerprint density at radius 2 is 1.67 bits per heavy atom. The number of nitrogens with zero attached hydrogens (tertiary/aromatic N) is 9. The lowest BCUT2D eigenvalue weighted by Gasteiger charge is -2.42. The molecule has 4 aliphatic heterocycles. The minimum atomic E-state index is -0.897. The summed E-state index contributed by atoms with van der Waals surface area (Å²) >= 11 is 1.58. The molecule has 0 saturated carbocycles. The number of aromatic hydroxyl groups is 1. The number of ether oxygens (including phenoxy) is 3. The molecule has 430 valence electrons. The third-order valence-corrected chi connectivity index (χ3v) is 17.0. The Morgan fingerprint density at radius 3 is 2.38 bits per heavy atom. The molecular formula is C61H69FN10O9S. The van der Waals surface area contributed by atoms with E-state index >= 15 is 4.39 Å². The van der Waals surface area contributed by atoms with Crippen molar-refractivity contribution in [2.75, 3.05) is 57.4 Å². The number of β-amino-alcohol motifs (C(OH)–C–C–N with tert-alkyl or cyclic N) is 1. The first kappa shape index (κ1) is 56.1. The summed E-state index contributed by atoms with van der Waals surface area (Å²) in [5.74, 6) is -0.366. The second-order valence-corrected chi connectivity index (χ2v) is 24.1. The molecular weight excluding hydrogens is 1070 g/mol. The molecule has 7 aromatic rings. The van der Waals surface area contributed by atoms with Crippen LogP contribution in [0.4, 0.5) is 15.0 Å². The van der Waals surface area contributed by atoms with Crippen molar-refractivity contribution in [2.45, 2.75) is 116 Å². The molecule has 3 amide bonds. The number of carbonyl (C=O) groups is 3. The molecule has 0 radical (unpaired) electrons. The summed E-state index contributed by atoms with van der Waals surface area (Å²) in [5, 5.41) is 30.5. The molecule has 3 aromatic carbocycles. The number of carbonyl (C=O) groups excluding carboxylic acids is 3. The number of aliphatic hydroxyl groups is 1. The predicted molar refractivity (Wildman–Crippen MR) is 309 cm³/mol. The van der Waals surface area contributed by atoms with Crippen LogP contribution in [0.3, 0.4) is 0 Å². The van der Waals surface area contributed by atoms with Crippen molar-refractivity contribution in [2.24, 2.45) is 5.92 Å². The molecule has 82 heavy (non-hydrogen) atoms. The Hall–Kier alpha value is -7.75. The molecule has 2 unspecified atom stereocenters. The van der Waals surface area contributed by atoms with Gasteiger partial charge in [-0.2, -0.15) is 9.97 Å². The molecule has 2 bridgehead atoms. The van der Waals surface area contributed by atoms with Gasteiger partial charge in [-0.3, -0.25) is 24.4 Å². The Balaban J connectivity index is 0.711. The number of rotatable bonds is 15. The Morgan fingerprint density at radius 1 is 0.927 bits per heavy atom. The first-order chi connectivity index (χ1) is 39.3. The molecule has 3 N–H and O–H groups in total. The maximum Gasteiger partial charge on any atom is 0.410 e. The van der Waals surface area contributed by atoms with Gasteiger partial charge in [0.05, 0.1) is 57.9 Å². The van der Waals surface area contributed by atoms with Crippen molar-refractivity contribution in [3.8, 4) is 39.3 Å². The molecule has 5 atom stereocenters. The zero-order chi connectivity index (χ0) is 57.6. The van der Waals surface area contributed by atoms with E-state index in [0.717, 1.165) is 71.2 Å². The van der Waals surface area contributed by atoms with E-state index in [1.165, 1.54) is 11.0 Å². The lowest BCUT2D eigenvalue weighted by Crippen LogP contribution is -2.57. The van der Waals surface area contributed by atoms with Crippen LogP contribution in [0.15, 0.2) is 88.5 Å². The van der Waals surface area contributed by atoms with Crippen molar-refractivity contribution in [3.63, 3.8) is 0 Å². The lowest BCUT2D eigenvalue weighted by atomic mass is 9.98. The summed E-state index contributed by atoms with van der Waals surface area (Å²) in [5.41, 5.74) is 5.49. The van der Waals surface area contributed by atoms with E-state index in [9.17, 15) is 24.6 Å². The molecule has 4 saturated heterocycles. The van der Waals surface area contributed by atoms with E-state index < -0.39 is 29.5 Å². The Bertz CT molecular complexity index is 3540. The summed E-state index contributed by atoms with van der Waals surface area (Å²) < 4.78 is 41.1. The number of nitrogens with one attached hydrogen (secondary N) is 1. The van der Waals surface area contributed by atoms with Crippen LogP contribution in [-0.2, 0) is 14.3 Å². The number of phenolic OH excluding ortho intramolecular Hbond substituents is 1. The molecule has 0 aliphatic carbocycles. The first-order valence-electron chi connectivity index (χ1n) is 28.1. The monoisotopic (exact) mass is 1140 g/mol. The van der Waals surface area contributed by atoms with Crippen LogP contribution < -0.4 is 19.7 Å². The Kier molecular flexibility index (Phi) is 15.9. The van der Waals surface area contributed by atoms with Crippen LogP contribution in [0.25, 0.3) is 48.9 Å². The number of benzene rings is 3. The predicted octanol–water partition coefficient (Wildman–Crippen LogP) is 9.50. The summed E-state index contributed by atoms with van der Waals surface area (Å²) in [4.78, 5) is 68.8. The lowest BCUT2D eigenvalue weighted by molar-refractivity contribution is -0.135. The molecule has 11 rings (SSSR count). The molecule has 8 heterocycles. The standard InChI is InChI=1S/C61H69FN10O9S/c1-34(2)51(58(76)71-31-44(74)26-48(71)57(75)65-35(3)38-12-14-39(15-13-38)55-36(4)64-33-82-55)49-27-50(68-81-49)79-32-37-18-20-69(21-19-37)22-23-78-59-66-54-47(28-63-53(52(54)62)46-25-43(73)24-40-10-8-9-11-45(40)46)56(67-59)70-29-41-16-17-42(30-70)72(41)60(77)80-61(5,6)7/h8-15,24-25,27-28,33,35,37,41-42,44,48,73-74H,16-23,26,29-32H2,1-7H3,(H,65,75)/t35-,41?,42?,44+,48-/m0/s1. The highest BCUT2D eigenvalue weighted by molar-refractivity contribution is 7.13. The van der Waals surface area contributed by atoms with Crippen LogP contribution in [0.2, 0.25) is 0 Å². The number of anilines is 1. The average Bonchev–Trinajstić information content (AvgIpc) is 4.29. The Labute approximate surface area is 479 Å². The number of likely N-dealkylation sites (tertiary alicyclic amines) is 2. The van der Waals surface area contributed by atoms with Crippen molar-refractivity contribution in [3.05, 3.63) is 107 Å². The SMILES string of the molecule is CC(C)=C(C(=O)N1C[C@H](O)C[C@H]1C(=O)N[C@@H](C)c1ccc(-c2scnc2C)cc1)c1cc(OCC2CCN(CCOc3nc(N4CC5CCC(C4)N5C(=O)OC(C)(C)C)c4cnc(-c5cc(O)cc6ccccc56)c(F)c4n3)CC2)no1. The number of aromatic nitrogens is 5. The number of piperazine rings is 1. The fraction of sp³-hybridized carbons (Fsp3) is 0.443. The zero-order valence-corrected chi connectivity index (χ0v) is 48.0. The molecule has 21 heteroatoms. The summed E-state index contributed by atoms with van der Waals surface area (Å²) in [7, 11) is 0. The number of aryl methyl sites for hydroxylation is 1. The second-order valence-electron chi connectivity index (χ2n) is 23.2. The summed E-state index contributed by atoms with van der Waals surface area (Å²) in [6, 6.07) is 18.6. The van der Waals surface area contributed by atoms with Gasteiger partial charge in [-0.15, -0.1) is 11.3 Å². The minimum absolute atomic E-state index is 0.0109. The quantitative estimate of drug-likeness (QED) is 0.0813. The molecule has 4 aliphatic rings. The van der Waals surface area contributed by atoms with Gasteiger partial charge in [0.1, 0.15) is 41.0 Å². The normalized spacial score (nSPS) is 19.9. The van der Waals surface area contributed by atoms with Crippen molar-refractivity contribution in [1.82, 2.24) is 45.1 Å². The largest absolute Gasteiger partial charge is 0.508 e. The number of hydrogen-bond acceptors (Lipinski definition) is 17. The zero-order valence-electron chi connectivity index (χ0n) is 47.2. The number of hydrogen-bond donors (Lipinski definition) is 3. The third kappa shape index (κ3) is 11.8. The van der Waals surface area contributed by atoms with Gasteiger partial charge in [-0.05, 0) is 132 Å². The number of piperidine rings is 1. The van der Waals surface area contributed by atoms with Crippen LogP contribution in [0.1, 0.15) is 96.7 Å². The fourth-order valence-electron chi connectivity index (χ4n) is 11.9. The van der Waals surface area contributed by atoms with Gasteiger partial charge in [0, 0.05) is 50.4 Å². The van der Waals surface area contributed by atoms with Crippen LogP contribution in [0, 0.1) is 18.7 Å².